The van der Waals surface area contributed by atoms with Crippen LogP contribution in [0.1, 0.15) is 30.0 Å². The van der Waals surface area contributed by atoms with E-state index < -0.39 is 9.84 Å². The summed E-state index contributed by atoms with van der Waals surface area (Å²) in [6.45, 7) is 1.13. The number of aromatic nitrogens is 2. The SMILES string of the molecule is CS(=O)(=O)c1cncnc1C1CCCN(C(=O)Cc2ccc(Cl)cc2)C1. The van der Waals surface area contributed by atoms with Crippen LogP contribution in [-0.4, -0.2) is 48.5 Å². The van der Waals surface area contributed by atoms with Gasteiger partial charge in [0.1, 0.15) is 11.2 Å². The minimum absolute atomic E-state index is 0.0204. The van der Waals surface area contributed by atoms with Crippen molar-refractivity contribution in [1.29, 1.82) is 0 Å². The molecule has 26 heavy (non-hydrogen) atoms. The summed E-state index contributed by atoms with van der Waals surface area (Å²) in [5, 5.41) is 0.635. The second kappa shape index (κ2) is 7.72. The van der Waals surface area contributed by atoms with E-state index in [1.807, 2.05) is 12.1 Å². The highest BCUT2D eigenvalue weighted by Gasteiger charge is 2.29. The summed E-state index contributed by atoms with van der Waals surface area (Å²) in [6.07, 6.45) is 5.76. The number of benzene rings is 1. The number of carbonyl (C=O) groups excluding carboxylic acids is 1. The van der Waals surface area contributed by atoms with Gasteiger partial charge in [-0.05, 0) is 30.5 Å². The van der Waals surface area contributed by atoms with Crippen molar-refractivity contribution in [2.45, 2.75) is 30.1 Å². The molecule has 1 unspecified atom stereocenters. The van der Waals surface area contributed by atoms with E-state index in [9.17, 15) is 13.2 Å². The average molecular weight is 394 g/mol. The van der Waals surface area contributed by atoms with E-state index in [1.54, 1.807) is 17.0 Å². The minimum Gasteiger partial charge on any atom is -0.342 e. The van der Waals surface area contributed by atoms with Gasteiger partial charge in [-0.2, -0.15) is 0 Å². The van der Waals surface area contributed by atoms with Gasteiger partial charge in [-0.1, -0.05) is 23.7 Å². The fraction of sp³-hybridized carbons (Fsp3) is 0.389. The summed E-state index contributed by atoms with van der Waals surface area (Å²) in [5.74, 6) is -0.0855. The van der Waals surface area contributed by atoms with E-state index in [0.717, 1.165) is 24.7 Å². The summed E-state index contributed by atoms with van der Waals surface area (Å²) < 4.78 is 24.0. The third kappa shape index (κ3) is 4.40. The van der Waals surface area contributed by atoms with Gasteiger partial charge in [-0.3, -0.25) is 4.79 Å². The van der Waals surface area contributed by atoms with Crippen molar-refractivity contribution in [1.82, 2.24) is 14.9 Å². The van der Waals surface area contributed by atoms with E-state index in [-0.39, 0.29) is 16.7 Å². The summed E-state index contributed by atoms with van der Waals surface area (Å²) in [7, 11) is -3.41. The number of hydrogen-bond acceptors (Lipinski definition) is 5. The van der Waals surface area contributed by atoms with Crippen molar-refractivity contribution in [3.05, 3.63) is 53.1 Å². The van der Waals surface area contributed by atoms with E-state index in [4.69, 9.17) is 11.6 Å². The van der Waals surface area contributed by atoms with Crippen LogP contribution in [0, 0.1) is 0 Å². The molecule has 138 valence electrons. The van der Waals surface area contributed by atoms with Crippen LogP contribution in [0.3, 0.4) is 0 Å². The zero-order valence-corrected chi connectivity index (χ0v) is 16.0. The van der Waals surface area contributed by atoms with Gasteiger partial charge in [0, 0.05) is 36.5 Å². The van der Waals surface area contributed by atoms with Gasteiger partial charge in [-0.15, -0.1) is 0 Å². The fourth-order valence-corrected chi connectivity index (χ4v) is 4.21. The highest BCUT2D eigenvalue weighted by molar-refractivity contribution is 7.90. The standard InChI is InChI=1S/C18H20ClN3O3S/c1-26(24,25)16-10-20-12-21-18(16)14-3-2-8-22(11-14)17(23)9-13-4-6-15(19)7-5-13/h4-7,10,12,14H,2-3,8-9,11H2,1H3. The van der Waals surface area contributed by atoms with E-state index >= 15 is 0 Å². The van der Waals surface area contributed by atoms with Crippen LogP contribution < -0.4 is 0 Å². The van der Waals surface area contributed by atoms with Gasteiger partial charge in [0.05, 0.1) is 12.1 Å². The molecular weight excluding hydrogens is 374 g/mol. The van der Waals surface area contributed by atoms with Crippen LogP contribution in [-0.2, 0) is 21.1 Å². The summed E-state index contributed by atoms with van der Waals surface area (Å²) >= 11 is 5.88. The van der Waals surface area contributed by atoms with Crippen molar-refractivity contribution >= 4 is 27.3 Å². The van der Waals surface area contributed by atoms with Crippen molar-refractivity contribution in [3.63, 3.8) is 0 Å². The second-order valence-corrected chi connectivity index (χ2v) is 8.95. The van der Waals surface area contributed by atoms with E-state index in [1.165, 1.54) is 12.5 Å². The van der Waals surface area contributed by atoms with Crippen molar-refractivity contribution in [3.8, 4) is 0 Å². The van der Waals surface area contributed by atoms with Crippen LogP contribution in [0.4, 0.5) is 0 Å². The molecule has 0 bridgehead atoms. The first-order valence-electron chi connectivity index (χ1n) is 8.37. The second-order valence-electron chi connectivity index (χ2n) is 6.53. The van der Waals surface area contributed by atoms with Gasteiger partial charge in [-0.25, -0.2) is 18.4 Å². The van der Waals surface area contributed by atoms with Crippen LogP contribution in [0.5, 0.6) is 0 Å². The molecule has 1 fully saturated rings. The number of hydrogen-bond donors (Lipinski definition) is 0. The van der Waals surface area contributed by atoms with Crippen LogP contribution >= 0.6 is 11.6 Å². The molecule has 1 saturated heterocycles. The Labute approximate surface area is 158 Å². The number of nitrogens with zero attached hydrogens (tertiary/aromatic N) is 3. The third-order valence-corrected chi connectivity index (χ3v) is 5.90. The van der Waals surface area contributed by atoms with Crippen molar-refractivity contribution in [2.75, 3.05) is 19.3 Å². The lowest BCUT2D eigenvalue weighted by atomic mass is 9.94. The lowest BCUT2D eigenvalue weighted by Crippen LogP contribution is -2.40. The fourth-order valence-electron chi connectivity index (χ4n) is 3.23. The zero-order valence-electron chi connectivity index (χ0n) is 14.4. The predicted molar refractivity (Wildman–Crippen MR) is 98.9 cm³/mol. The van der Waals surface area contributed by atoms with E-state index in [0.29, 0.717) is 30.2 Å². The number of likely N-dealkylation sites (tertiary alicyclic amines) is 1. The highest BCUT2D eigenvalue weighted by Crippen LogP contribution is 2.29. The molecule has 0 N–H and O–H groups in total. The van der Waals surface area contributed by atoms with Crippen LogP contribution in [0.25, 0.3) is 0 Å². The molecule has 2 heterocycles. The Balaban J connectivity index is 1.76. The van der Waals surface area contributed by atoms with Crippen molar-refractivity contribution in [2.24, 2.45) is 0 Å². The molecule has 1 aromatic carbocycles. The lowest BCUT2D eigenvalue weighted by Gasteiger charge is -2.33. The highest BCUT2D eigenvalue weighted by atomic mass is 35.5. The van der Waals surface area contributed by atoms with Crippen LogP contribution in [0.15, 0.2) is 41.7 Å². The first-order valence-corrected chi connectivity index (χ1v) is 10.6. The minimum atomic E-state index is -3.41. The first-order chi connectivity index (χ1) is 12.3. The monoisotopic (exact) mass is 393 g/mol. The summed E-state index contributed by atoms with van der Waals surface area (Å²) in [4.78, 5) is 22.6. The van der Waals surface area contributed by atoms with Crippen molar-refractivity contribution < 1.29 is 13.2 Å². The molecule has 2 aromatic rings. The van der Waals surface area contributed by atoms with Crippen LogP contribution in [0.2, 0.25) is 5.02 Å². The predicted octanol–water partition coefficient (Wildman–Crippen LogP) is 2.48. The molecule has 1 aromatic heterocycles. The molecule has 3 rings (SSSR count). The number of amides is 1. The van der Waals surface area contributed by atoms with Gasteiger partial charge < -0.3 is 4.90 Å². The molecule has 1 aliphatic rings. The summed E-state index contributed by atoms with van der Waals surface area (Å²) in [5.41, 5.74) is 1.41. The Morgan fingerprint density at radius 3 is 2.73 bits per heavy atom. The Kier molecular flexibility index (Phi) is 5.58. The molecule has 6 nitrogen and oxygen atoms in total. The first kappa shape index (κ1) is 18.8. The maximum atomic E-state index is 12.7. The van der Waals surface area contributed by atoms with Gasteiger partial charge in [0.2, 0.25) is 5.91 Å². The van der Waals surface area contributed by atoms with E-state index in [2.05, 4.69) is 9.97 Å². The smallest absolute Gasteiger partial charge is 0.227 e. The molecule has 0 radical (unpaired) electrons. The molecule has 1 atom stereocenters. The number of sulfone groups is 1. The third-order valence-electron chi connectivity index (χ3n) is 4.54. The molecule has 0 spiro atoms. The quantitative estimate of drug-likeness (QED) is 0.797. The molecular formula is C18H20ClN3O3S. The Bertz CT molecular complexity index is 900. The number of halogens is 1. The Hall–Kier alpha value is -1.99. The maximum Gasteiger partial charge on any atom is 0.227 e. The molecule has 0 saturated carbocycles. The number of rotatable bonds is 4. The average Bonchev–Trinajstić information content (AvgIpc) is 2.63. The topological polar surface area (TPSA) is 80.2 Å². The van der Waals surface area contributed by atoms with Gasteiger partial charge in [0.15, 0.2) is 9.84 Å². The lowest BCUT2D eigenvalue weighted by molar-refractivity contribution is -0.131. The Morgan fingerprint density at radius 2 is 2.04 bits per heavy atom. The molecule has 1 aliphatic heterocycles. The van der Waals surface area contributed by atoms with Gasteiger partial charge in [0.25, 0.3) is 0 Å². The molecule has 1 amide bonds. The number of carbonyl (C=O) groups is 1. The largest absolute Gasteiger partial charge is 0.342 e. The summed E-state index contributed by atoms with van der Waals surface area (Å²) in [6, 6.07) is 7.21. The molecule has 8 heteroatoms. The maximum absolute atomic E-state index is 12.7. The number of piperidine rings is 1. The van der Waals surface area contributed by atoms with Gasteiger partial charge >= 0.3 is 0 Å². The molecule has 0 aliphatic carbocycles. The zero-order chi connectivity index (χ0) is 18.7. The normalized spacial score (nSPS) is 17.9. The Morgan fingerprint density at radius 1 is 1.31 bits per heavy atom.